The van der Waals surface area contributed by atoms with Gasteiger partial charge in [0.15, 0.2) is 0 Å². The van der Waals surface area contributed by atoms with Gasteiger partial charge in [0, 0.05) is 24.5 Å². The van der Waals surface area contributed by atoms with Gasteiger partial charge in [0.2, 0.25) is 0 Å². The van der Waals surface area contributed by atoms with Gasteiger partial charge >= 0.3 is 0 Å². The van der Waals surface area contributed by atoms with Crippen molar-refractivity contribution in [1.29, 1.82) is 0 Å². The standard InChI is InChI=1S/C13H17ClO2/c1-10-8-13(15,6-7-16-10)9-11-2-4-12(14)5-3-11/h2-5,10,15H,6-9H2,1H3. The second-order valence-electron chi connectivity index (χ2n) is 4.66. The lowest BCUT2D eigenvalue weighted by atomic mass is 9.85. The summed E-state index contributed by atoms with van der Waals surface area (Å²) in [6.45, 7) is 2.65. The molecule has 1 saturated heterocycles. The fourth-order valence-corrected chi connectivity index (χ4v) is 2.41. The summed E-state index contributed by atoms with van der Waals surface area (Å²) in [5.41, 5.74) is 0.506. The monoisotopic (exact) mass is 240 g/mol. The number of ether oxygens (including phenoxy) is 1. The molecule has 0 radical (unpaired) electrons. The number of benzene rings is 1. The number of hydrogen-bond donors (Lipinski definition) is 1. The third-order valence-electron chi connectivity index (χ3n) is 3.08. The minimum atomic E-state index is -0.620. The first-order chi connectivity index (χ1) is 7.57. The molecule has 1 aliphatic rings. The molecule has 2 atom stereocenters. The van der Waals surface area contributed by atoms with Crippen molar-refractivity contribution in [3.05, 3.63) is 34.9 Å². The van der Waals surface area contributed by atoms with Crippen molar-refractivity contribution in [2.45, 2.75) is 37.9 Å². The van der Waals surface area contributed by atoms with Crippen molar-refractivity contribution in [3.63, 3.8) is 0 Å². The largest absolute Gasteiger partial charge is 0.389 e. The van der Waals surface area contributed by atoms with Gasteiger partial charge in [0.1, 0.15) is 0 Å². The predicted molar refractivity (Wildman–Crippen MR) is 64.8 cm³/mol. The molecule has 2 unspecified atom stereocenters. The average Bonchev–Trinajstić information content (AvgIpc) is 2.21. The Hall–Kier alpha value is -0.570. The second kappa shape index (κ2) is 4.74. The van der Waals surface area contributed by atoms with Gasteiger partial charge in [-0.25, -0.2) is 0 Å². The minimum Gasteiger partial charge on any atom is -0.389 e. The van der Waals surface area contributed by atoms with Crippen LogP contribution in [0.1, 0.15) is 25.3 Å². The van der Waals surface area contributed by atoms with E-state index in [2.05, 4.69) is 0 Å². The fraction of sp³-hybridized carbons (Fsp3) is 0.538. The third kappa shape index (κ3) is 2.97. The highest BCUT2D eigenvalue weighted by Gasteiger charge is 2.33. The summed E-state index contributed by atoms with van der Waals surface area (Å²) in [5, 5.41) is 11.2. The van der Waals surface area contributed by atoms with Gasteiger partial charge in [-0.1, -0.05) is 23.7 Å². The Morgan fingerprint density at radius 2 is 2.12 bits per heavy atom. The summed E-state index contributed by atoms with van der Waals surface area (Å²) in [5.74, 6) is 0. The van der Waals surface area contributed by atoms with E-state index in [1.165, 1.54) is 0 Å². The average molecular weight is 241 g/mol. The number of halogens is 1. The molecular weight excluding hydrogens is 224 g/mol. The van der Waals surface area contributed by atoms with Gasteiger partial charge in [-0.3, -0.25) is 0 Å². The molecule has 0 amide bonds. The van der Waals surface area contributed by atoms with Crippen LogP contribution < -0.4 is 0 Å². The van der Waals surface area contributed by atoms with E-state index < -0.39 is 5.60 Å². The molecular formula is C13H17ClO2. The lowest BCUT2D eigenvalue weighted by Crippen LogP contribution is -2.41. The van der Waals surface area contributed by atoms with Crippen molar-refractivity contribution < 1.29 is 9.84 Å². The topological polar surface area (TPSA) is 29.5 Å². The number of rotatable bonds is 2. The molecule has 0 aliphatic carbocycles. The van der Waals surface area contributed by atoms with E-state index in [1.807, 2.05) is 31.2 Å². The molecule has 3 heteroatoms. The van der Waals surface area contributed by atoms with E-state index in [9.17, 15) is 5.11 Å². The maximum absolute atomic E-state index is 10.5. The molecule has 16 heavy (non-hydrogen) atoms. The van der Waals surface area contributed by atoms with E-state index >= 15 is 0 Å². The lowest BCUT2D eigenvalue weighted by molar-refractivity contribution is -0.0961. The zero-order valence-corrected chi connectivity index (χ0v) is 10.2. The third-order valence-corrected chi connectivity index (χ3v) is 3.34. The van der Waals surface area contributed by atoms with E-state index in [0.29, 0.717) is 25.9 Å². The SMILES string of the molecule is CC1CC(O)(Cc2ccc(Cl)cc2)CCO1. The molecule has 1 aromatic rings. The smallest absolute Gasteiger partial charge is 0.0734 e. The van der Waals surface area contributed by atoms with Gasteiger partial charge < -0.3 is 9.84 Å². The number of hydrogen-bond acceptors (Lipinski definition) is 2. The number of aliphatic hydroxyl groups is 1. The quantitative estimate of drug-likeness (QED) is 0.862. The summed E-state index contributed by atoms with van der Waals surface area (Å²) in [6, 6.07) is 7.67. The Kier molecular flexibility index (Phi) is 3.53. The molecule has 1 N–H and O–H groups in total. The Morgan fingerprint density at radius 1 is 1.44 bits per heavy atom. The zero-order chi connectivity index (χ0) is 11.6. The zero-order valence-electron chi connectivity index (χ0n) is 9.45. The maximum atomic E-state index is 10.5. The molecule has 1 aromatic carbocycles. The van der Waals surface area contributed by atoms with Crippen LogP contribution in [0.3, 0.4) is 0 Å². The first-order valence-electron chi connectivity index (χ1n) is 5.66. The summed E-state index contributed by atoms with van der Waals surface area (Å²) in [4.78, 5) is 0. The van der Waals surface area contributed by atoms with Crippen LogP contribution in [0, 0.1) is 0 Å². The van der Waals surface area contributed by atoms with Gasteiger partial charge in [0.25, 0.3) is 0 Å². The summed E-state index contributed by atoms with van der Waals surface area (Å²) in [6.07, 6.45) is 2.24. The highest BCUT2D eigenvalue weighted by Crippen LogP contribution is 2.28. The Labute approximate surface area is 101 Å². The molecule has 0 saturated carbocycles. The molecule has 0 bridgehead atoms. The van der Waals surface area contributed by atoms with Crippen LogP contribution in [0.25, 0.3) is 0 Å². The van der Waals surface area contributed by atoms with Crippen LogP contribution in [0.2, 0.25) is 5.02 Å². The van der Waals surface area contributed by atoms with Crippen molar-refractivity contribution in [1.82, 2.24) is 0 Å². The van der Waals surface area contributed by atoms with Crippen LogP contribution in [0.15, 0.2) is 24.3 Å². The first-order valence-corrected chi connectivity index (χ1v) is 6.04. The van der Waals surface area contributed by atoms with Crippen LogP contribution in [-0.2, 0) is 11.2 Å². The molecule has 88 valence electrons. The van der Waals surface area contributed by atoms with Crippen LogP contribution in [0.5, 0.6) is 0 Å². The van der Waals surface area contributed by atoms with E-state index in [1.54, 1.807) is 0 Å². The van der Waals surface area contributed by atoms with Crippen molar-refractivity contribution in [2.75, 3.05) is 6.61 Å². The maximum Gasteiger partial charge on any atom is 0.0734 e. The van der Waals surface area contributed by atoms with Crippen LogP contribution >= 0.6 is 11.6 Å². The highest BCUT2D eigenvalue weighted by atomic mass is 35.5. The molecule has 0 spiro atoms. The van der Waals surface area contributed by atoms with E-state index in [4.69, 9.17) is 16.3 Å². The first kappa shape index (κ1) is 11.9. The molecule has 1 heterocycles. The van der Waals surface area contributed by atoms with E-state index in [0.717, 1.165) is 10.6 Å². The highest BCUT2D eigenvalue weighted by molar-refractivity contribution is 6.30. The van der Waals surface area contributed by atoms with Crippen LogP contribution in [0.4, 0.5) is 0 Å². The molecule has 1 fully saturated rings. The normalized spacial score (nSPS) is 30.3. The van der Waals surface area contributed by atoms with Crippen molar-refractivity contribution >= 4 is 11.6 Å². The minimum absolute atomic E-state index is 0.144. The van der Waals surface area contributed by atoms with Gasteiger partial charge in [-0.05, 0) is 31.0 Å². The van der Waals surface area contributed by atoms with Gasteiger partial charge in [-0.15, -0.1) is 0 Å². The summed E-state index contributed by atoms with van der Waals surface area (Å²) in [7, 11) is 0. The fourth-order valence-electron chi connectivity index (χ4n) is 2.29. The Morgan fingerprint density at radius 3 is 2.75 bits per heavy atom. The molecule has 1 aliphatic heterocycles. The Balaban J connectivity index is 2.05. The summed E-state index contributed by atoms with van der Waals surface area (Å²) < 4.78 is 5.45. The van der Waals surface area contributed by atoms with E-state index in [-0.39, 0.29) is 6.10 Å². The molecule has 0 aromatic heterocycles. The molecule has 2 nitrogen and oxygen atoms in total. The van der Waals surface area contributed by atoms with Crippen LogP contribution in [-0.4, -0.2) is 23.4 Å². The van der Waals surface area contributed by atoms with Gasteiger partial charge in [-0.2, -0.15) is 0 Å². The molecule has 2 rings (SSSR count). The van der Waals surface area contributed by atoms with Crippen molar-refractivity contribution in [2.24, 2.45) is 0 Å². The second-order valence-corrected chi connectivity index (χ2v) is 5.10. The lowest BCUT2D eigenvalue weighted by Gasteiger charge is -2.35. The van der Waals surface area contributed by atoms with Crippen molar-refractivity contribution in [3.8, 4) is 0 Å². The predicted octanol–water partition coefficient (Wildman–Crippen LogP) is 2.81. The summed E-state index contributed by atoms with van der Waals surface area (Å²) >= 11 is 5.83. The Bertz CT molecular complexity index is 349. The van der Waals surface area contributed by atoms with Gasteiger partial charge in [0.05, 0.1) is 11.7 Å².